The smallest absolute Gasteiger partial charge is 0.191 e. The van der Waals surface area contributed by atoms with E-state index in [4.69, 9.17) is 4.99 Å². The second kappa shape index (κ2) is 12.0. The summed E-state index contributed by atoms with van der Waals surface area (Å²) in [5, 5.41) is 8.17. The molecular formula is C20H36IN5S2. The van der Waals surface area contributed by atoms with Crippen LogP contribution >= 0.6 is 47.1 Å². The third-order valence-electron chi connectivity index (χ3n) is 5.80. The first-order valence-corrected chi connectivity index (χ1v) is 12.4. The lowest BCUT2D eigenvalue weighted by atomic mass is 9.95. The number of aromatic nitrogens is 1. The Bertz CT molecular complexity index is 603. The van der Waals surface area contributed by atoms with Gasteiger partial charge in [0.05, 0.1) is 17.2 Å². The van der Waals surface area contributed by atoms with Gasteiger partial charge in [0.1, 0.15) is 0 Å². The standard InChI is InChI=1S/C20H35N5S2.HI/c1-4-21-19(22-10-7-18-24-16(2)17(3)27-18)23-15-20(8-5-6-9-20)25-11-13-26-14-12-25;/h4-15H2,1-3H3,(H2,21,22,23);1H. The Kier molecular flexibility index (Phi) is 10.3. The summed E-state index contributed by atoms with van der Waals surface area (Å²) in [6.07, 6.45) is 6.27. The number of halogens is 1. The molecule has 160 valence electrons. The van der Waals surface area contributed by atoms with Crippen LogP contribution in [0.15, 0.2) is 4.99 Å². The van der Waals surface area contributed by atoms with E-state index in [1.54, 1.807) is 0 Å². The molecular weight excluding hydrogens is 501 g/mol. The Morgan fingerprint density at radius 2 is 1.89 bits per heavy atom. The molecule has 2 fully saturated rings. The van der Waals surface area contributed by atoms with Crippen molar-refractivity contribution in [1.82, 2.24) is 20.5 Å². The van der Waals surface area contributed by atoms with Crippen molar-refractivity contribution in [3.05, 3.63) is 15.6 Å². The molecule has 1 saturated carbocycles. The van der Waals surface area contributed by atoms with Gasteiger partial charge in [0, 0.05) is 54.5 Å². The molecule has 5 nitrogen and oxygen atoms in total. The average molecular weight is 538 g/mol. The Morgan fingerprint density at radius 3 is 2.50 bits per heavy atom. The van der Waals surface area contributed by atoms with Gasteiger partial charge in [0.2, 0.25) is 0 Å². The van der Waals surface area contributed by atoms with E-state index in [1.165, 1.54) is 65.9 Å². The SMILES string of the molecule is CCNC(=NCC1(N2CCSCC2)CCCC1)NCCc1nc(C)c(C)s1.I. The van der Waals surface area contributed by atoms with E-state index in [2.05, 4.69) is 53.1 Å². The molecule has 1 aromatic heterocycles. The number of aryl methyl sites for hydroxylation is 2. The van der Waals surface area contributed by atoms with Crippen molar-refractivity contribution in [2.24, 2.45) is 4.99 Å². The average Bonchev–Trinajstić information content (AvgIpc) is 3.28. The van der Waals surface area contributed by atoms with Crippen LogP contribution in [0, 0.1) is 13.8 Å². The van der Waals surface area contributed by atoms with Crippen molar-refractivity contribution in [1.29, 1.82) is 0 Å². The highest BCUT2D eigenvalue weighted by Gasteiger charge is 2.39. The largest absolute Gasteiger partial charge is 0.357 e. The Balaban J connectivity index is 0.00000280. The van der Waals surface area contributed by atoms with Gasteiger partial charge in [-0.05, 0) is 33.6 Å². The van der Waals surface area contributed by atoms with Crippen LogP contribution in [0.1, 0.15) is 48.2 Å². The molecule has 1 aliphatic heterocycles. The second-order valence-electron chi connectivity index (χ2n) is 7.65. The predicted octanol–water partition coefficient (Wildman–Crippen LogP) is 3.84. The van der Waals surface area contributed by atoms with Crippen molar-refractivity contribution in [3.63, 3.8) is 0 Å². The van der Waals surface area contributed by atoms with Gasteiger partial charge in [-0.2, -0.15) is 11.8 Å². The summed E-state index contributed by atoms with van der Waals surface area (Å²) in [6, 6.07) is 0. The zero-order valence-electron chi connectivity index (χ0n) is 17.6. The van der Waals surface area contributed by atoms with E-state index in [0.29, 0.717) is 5.54 Å². The molecule has 3 rings (SSSR count). The van der Waals surface area contributed by atoms with Crippen LogP contribution in [0.2, 0.25) is 0 Å². The molecule has 1 saturated heterocycles. The summed E-state index contributed by atoms with van der Waals surface area (Å²) in [6.45, 7) is 11.5. The van der Waals surface area contributed by atoms with E-state index in [-0.39, 0.29) is 24.0 Å². The van der Waals surface area contributed by atoms with Gasteiger partial charge in [-0.3, -0.25) is 9.89 Å². The maximum atomic E-state index is 5.03. The van der Waals surface area contributed by atoms with E-state index in [1.807, 2.05) is 11.3 Å². The number of aliphatic imine (C=N–C) groups is 1. The molecule has 1 aromatic rings. The lowest BCUT2D eigenvalue weighted by Crippen LogP contribution is -2.53. The number of hydrogen-bond acceptors (Lipinski definition) is 5. The van der Waals surface area contributed by atoms with Gasteiger partial charge in [-0.25, -0.2) is 4.98 Å². The molecule has 2 aliphatic rings. The maximum absolute atomic E-state index is 5.03. The van der Waals surface area contributed by atoms with Crippen molar-refractivity contribution < 1.29 is 0 Å². The summed E-state index contributed by atoms with van der Waals surface area (Å²) < 4.78 is 0. The zero-order valence-corrected chi connectivity index (χ0v) is 21.5. The zero-order chi connectivity index (χ0) is 19.1. The molecule has 0 atom stereocenters. The van der Waals surface area contributed by atoms with E-state index in [9.17, 15) is 0 Å². The topological polar surface area (TPSA) is 52.6 Å². The van der Waals surface area contributed by atoms with Gasteiger partial charge < -0.3 is 10.6 Å². The molecule has 2 N–H and O–H groups in total. The fourth-order valence-electron chi connectivity index (χ4n) is 4.15. The summed E-state index contributed by atoms with van der Waals surface area (Å²) in [4.78, 5) is 13.7. The molecule has 8 heteroatoms. The molecule has 28 heavy (non-hydrogen) atoms. The van der Waals surface area contributed by atoms with Crippen LogP contribution in [0.5, 0.6) is 0 Å². The Morgan fingerprint density at radius 1 is 1.18 bits per heavy atom. The van der Waals surface area contributed by atoms with Gasteiger partial charge >= 0.3 is 0 Å². The first-order chi connectivity index (χ1) is 13.1. The first-order valence-electron chi connectivity index (χ1n) is 10.4. The summed E-state index contributed by atoms with van der Waals surface area (Å²) in [5.74, 6) is 3.51. The Hall–Kier alpha value is -0.0600. The van der Waals surface area contributed by atoms with Gasteiger partial charge in [-0.15, -0.1) is 35.3 Å². The quantitative estimate of drug-likeness (QED) is 0.315. The lowest BCUT2D eigenvalue weighted by molar-refractivity contribution is 0.112. The minimum atomic E-state index is 0. The van der Waals surface area contributed by atoms with Crippen LogP contribution in [-0.4, -0.2) is 65.6 Å². The third kappa shape index (κ3) is 6.47. The van der Waals surface area contributed by atoms with Crippen LogP contribution in [-0.2, 0) is 6.42 Å². The molecule has 0 bridgehead atoms. The van der Waals surface area contributed by atoms with E-state index < -0.39 is 0 Å². The highest BCUT2D eigenvalue weighted by atomic mass is 127. The molecule has 0 radical (unpaired) electrons. The maximum Gasteiger partial charge on any atom is 0.191 e. The molecule has 1 aliphatic carbocycles. The predicted molar refractivity (Wildman–Crippen MR) is 135 cm³/mol. The summed E-state index contributed by atoms with van der Waals surface area (Å²) >= 11 is 3.90. The lowest BCUT2D eigenvalue weighted by Gasteiger charge is -2.42. The van der Waals surface area contributed by atoms with Crippen LogP contribution in [0.25, 0.3) is 0 Å². The van der Waals surface area contributed by atoms with Crippen LogP contribution in [0.3, 0.4) is 0 Å². The van der Waals surface area contributed by atoms with Crippen molar-refractivity contribution in [2.45, 2.75) is 58.4 Å². The molecule has 0 unspecified atom stereocenters. The molecule has 0 amide bonds. The number of nitrogens with one attached hydrogen (secondary N) is 2. The first kappa shape index (κ1) is 24.2. The minimum absolute atomic E-state index is 0. The second-order valence-corrected chi connectivity index (χ2v) is 10.2. The van der Waals surface area contributed by atoms with E-state index >= 15 is 0 Å². The summed E-state index contributed by atoms with van der Waals surface area (Å²) in [5.41, 5.74) is 1.46. The number of thiazole rings is 1. The monoisotopic (exact) mass is 537 g/mol. The number of rotatable bonds is 7. The van der Waals surface area contributed by atoms with Crippen molar-refractivity contribution >= 4 is 53.0 Å². The highest BCUT2D eigenvalue weighted by molar-refractivity contribution is 14.0. The van der Waals surface area contributed by atoms with Crippen LogP contribution < -0.4 is 10.6 Å². The fourth-order valence-corrected chi connectivity index (χ4v) is 5.98. The van der Waals surface area contributed by atoms with Crippen molar-refractivity contribution in [3.8, 4) is 0 Å². The number of nitrogens with zero attached hydrogens (tertiary/aromatic N) is 3. The van der Waals surface area contributed by atoms with Gasteiger partial charge in [-0.1, -0.05) is 12.8 Å². The normalized spacial score (nSPS) is 20.0. The van der Waals surface area contributed by atoms with Crippen LogP contribution in [0.4, 0.5) is 0 Å². The summed E-state index contributed by atoms with van der Waals surface area (Å²) in [7, 11) is 0. The van der Waals surface area contributed by atoms with Gasteiger partial charge in [0.25, 0.3) is 0 Å². The molecule has 0 spiro atoms. The fraction of sp³-hybridized carbons (Fsp3) is 0.800. The minimum Gasteiger partial charge on any atom is -0.357 e. The van der Waals surface area contributed by atoms with E-state index in [0.717, 1.165) is 32.0 Å². The number of guanidine groups is 1. The number of thioether (sulfide) groups is 1. The van der Waals surface area contributed by atoms with Gasteiger partial charge in [0.15, 0.2) is 5.96 Å². The highest BCUT2D eigenvalue weighted by Crippen LogP contribution is 2.37. The molecule has 2 heterocycles. The van der Waals surface area contributed by atoms with Crippen molar-refractivity contribution in [2.75, 3.05) is 44.2 Å². The Labute approximate surface area is 196 Å². The molecule has 0 aromatic carbocycles. The number of hydrogen-bond donors (Lipinski definition) is 2. The third-order valence-corrected chi connectivity index (χ3v) is 7.87.